The predicted molar refractivity (Wildman–Crippen MR) is 275 cm³/mol. The standard InChI is InChI=1S/C52H90N4O19/c1-50(2,3)73-45(58)19-18-43(47(60)75-52(7,8)9)56-48(61)55-42(46(59)74-51(4,5)6)17-13-14-20-53-44(57)40-71-38-37-70-36-35-69-34-33-68-32-31-67-30-29-66-28-27-65-26-25-64-24-23-63-22-21-54-49(62)72-39-41-15-11-10-12-16-41/h10-12,15-16,42-43H,13-14,17-40H2,1-9H3,(H,53,57)(H,54,62)(H2,55,56,61)/t42-,43-/m0/s1. The van der Waals surface area contributed by atoms with Gasteiger partial charge < -0.3 is 82.8 Å². The lowest BCUT2D eigenvalue weighted by molar-refractivity contribution is -0.159. The van der Waals surface area contributed by atoms with Crippen LogP contribution in [0.5, 0.6) is 0 Å². The van der Waals surface area contributed by atoms with Gasteiger partial charge in [-0.2, -0.15) is 0 Å². The molecule has 0 fully saturated rings. The second-order valence-electron chi connectivity index (χ2n) is 19.7. The Bertz CT molecular complexity index is 1690. The molecule has 2 atom stereocenters. The minimum Gasteiger partial charge on any atom is -0.460 e. The number of ether oxygens (including phenoxy) is 13. The highest BCUT2D eigenvalue weighted by Gasteiger charge is 2.31. The number of carbonyl (C=O) groups is 6. The van der Waals surface area contributed by atoms with Crippen LogP contribution in [0.15, 0.2) is 30.3 Å². The second-order valence-corrected chi connectivity index (χ2v) is 19.7. The predicted octanol–water partition coefficient (Wildman–Crippen LogP) is 4.19. The number of hydrogen-bond acceptors (Lipinski definition) is 19. The number of nitrogens with one attached hydrogen (secondary N) is 4. The molecule has 1 aromatic rings. The van der Waals surface area contributed by atoms with Crippen molar-refractivity contribution in [2.45, 2.75) is 130 Å². The molecule has 23 nitrogen and oxygen atoms in total. The van der Waals surface area contributed by atoms with Gasteiger partial charge in [0.2, 0.25) is 5.91 Å². The van der Waals surface area contributed by atoms with E-state index in [2.05, 4.69) is 21.3 Å². The van der Waals surface area contributed by atoms with Crippen molar-refractivity contribution < 1.29 is 90.3 Å². The molecule has 0 aliphatic heterocycles. The molecule has 0 aliphatic carbocycles. The molecule has 4 N–H and O–H groups in total. The molecule has 23 heteroatoms. The maximum Gasteiger partial charge on any atom is 0.407 e. The van der Waals surface area contributed by atoms with Gasteiger partial charge in [-0.3, -0.25) is 9.59 Å². The van der Waals surface area contributed by atoms with Crippen LogP contribution in [0.4, 0.5) is 9.59 Å². The van der Waals surface area contributed by atoms with Crippen LogP contribution in [0, 0.1) is 0 Å². The third-order valence-corrected chi connectivity index (χ3v) is 9.23. The number of urea groups is 1. The molecule has 0 aromatic heterocycles. The molecule has 0 heterocycles. The summed E-state index contributed by atoms with van der Waals surface area (Å²) in [6.07, 6.45) is 0.362. The van der Waals surface area contributed by atoms with Crippen LogP contribution in [0.3, 0.4) is 0 Å². The van der Waals surface area contributed by atoms with E-state index in [0.717, 1.165) is 5.56 Å². The number of benzene rings is 1. The zero-order valence-electron chi connectivity index (χ0n) is 46.2. The lowest BCUT2D eigenvalue weighted by Gasteiger charge is -2.27. The molecule has 4 amide bonds. The van der Waals surface area contributed by atoms with E-state index in [9.17, 15) is 28.8 Å². The monoisotopic (exact) mass is 1070 g/mol. The summed E-state index contributed by atoms with van der Waals surface area (Å²) in [4.78, 5) is 75.6. The molecule has 1 aromatic carbocycles. The van der Waals surface area contributed by atoms with E-state index in [1.807, 2.05) is 30.3 Å². The van der Waals surface area contributed by atoms with Crippen molar-refractivity contribution in [3.8, 4) is 0 Å². The molecule has 0 saturated carbocycles. The van der Waals surface area contributed by atoms with Crippen molar-refractivity contribution >= 4 is 35.9 Å². The highest BCUT2D eigenvalue weighted by Crippen LogP contribution is 2.15. The van der Waals surface area contributed by atoms with Gasteiger partial charge in [-0.1, -0.05) is 30.3 Å². The third kappa shape index (κ3) is 44.2. The molecule has 0 radical (unpaired) electrons. The highest BCUT2D eigenvalue weighted by atomic mass is 16.6. The molecule has 1 rings (SSSR count). The van der Waals surface area contributed by atoms with Gasteiger partial charge in [-0.25, -0.2) is 19.2 Å². The zero-order chi connectivity index (χ0) is 55.6. The normalized spacial score (nSPS) is 12.5. The molecule has 0 aliphatic rings. The Hall–Kier alpha value is -4.72. The molecule has 432 valence electrons. The molecular formula is C52H90N4O19. The first-order valence-corrected chi connectivity index (χ1v) is 25.8. The Labute approximate surface area is 444 Å². The maximum atomic E-state index is 13.2. The zero-order valence-corrected chi connectivity index (χ0v) is 46.2. The minimum absolute atomic E-state index is 0.0898. The van der Waals surface area contributed by atoms with Crippen molar-refractivity contribution in [1.29, 1.82) is 0 Å². The summed E-state index contributed by atoms with van der Waals surface area (Å²) in [5.74, 6) is -2.27. The van der Waals surface area contributed by atoms with Gasteiger partial charge in [-0.05, 0) is 93.6 Å². The van der Waals surface area contributed by atoms with Crippen molar-refractivity contribution in [3.63, 3.8) is 0 Å². The number of esters is 3. The van der Waals surface area contributed by atoms with Gasteiger partial charge in [0.1, 0.15) is 42.1 Å². The van der Waals surface area contributed by atoms with Crippen LogP contribution in [0.2, 0.25) is 0 Å². The summed E-state index contributed by atoms with van der Waals surface area (Å²) in [5, 5.41) is 10.5. The molecule has 0 bridgehead atoms. The van der Waals surface area contributed by atoms with Crippen LogP contribution < -0.4 is 21.3 Å². The number of hydrogen-bond donors (Lipinski definition) is 4. The van der Waals surface area contributed by atoms with Crippen molar-refractivity contribution in [3.05, 3.63) is 35.9 Å². The summed E-state index contributed by atoms with van der Waals surface area (Å²) in [5.41, 5.74) is -1.50. The smallest absolute Gasteiger partial charge is 0.407 e. The van der Waals surface area contributed by atoms with E-state index in [1.165, 1.54) is 0 Å². The van der Waals surface area contributed by atoms with E-state index in [1.54, 1.807) is 62.3 Å². The molecule has 0 spiro atoms. The lowest BCUT2D eigenvalue weighted by Crippen LogP contribution is -2.53. The van der Waals surface area contributed by atoms with E-state index >= 15 is 0 Å². The van der Waals surface area contributed by atoms with Crippen LogP contribution in [0.25, 0.3) is 0 Å². The number of unbranched alkanes of at least 4 members (excludes halogenated alkanes) is 1. The van der Waals surface area contributed by atoms with Crippen LogP contribution in [-0.2, 0) is 87.4 Å². The first kappa shape index (κ1) is 68.3. The van der Waals surface area contributed by atoms with Crippen LogP contribution in [0.1, 0.15) is 100.0 Å². The van der Waals surface area contributed by atoms with E-state index in [0.29, 0.717) is 125 Å². The molecular weight excluding hydrogens is 985 g/mol. The molecule has 0 saturated heterocycles. The Morgan fingerprint density at radius 2 is 0.853 bits per heavy atom. The highest BCUT2D eigenvalue weighted by molar-refractivity contribution is 5.87. The van der Waals surface area contributed by atoms with Gasteiger partial charge in [0, 0.05) is 19.5 Å². The number of alkyl carbamates (subject to hydrolysis) is 1. The largest absolute Gasteiger partial charge is 0.460 e. The van der Waals surface area contributed by atoms with Crippen molar-refractivity contribution in [1.82, 2.24) is 21.3 Å². The third-order valence-electron chi connectivity index (χ3n) is 9.23. The minimum atomic E-state index is -1.20. The van der Waals surface area contributed by atoms with Crippen LogP contribution >= 0.6 is 0 Å². The lowest BCUT2D eigenvalue weighted by atomic mass is 10.1. The topological polar surface area (TPSA) is 271 Å². The summed E-state index contributed by atoms with van der Waals surface area (Å²) < 4.78 is 70.7. The Kier molecular flexibility index (Phi) is 37.7. The van der Waals surface area contributed by atoms with Gasteiger partial charge in [0.05, 0.1) is 112 Å². The number of amides is 4. The molecule has 75 heavy (non-hydrogen) atoms. The quantitative estimate of drug-likeness (QED) is 0.0406. The van der Waals surface area contributed by atoms with Crippen LogP contribution in [-0.4, -0.2) is 197 Å². The maximum absolute atomic E-state index is 13.2. The molecule has 0 unspecified atom stereocenters. The Balaban J connectivity index is 2.02. The average molecular weight is 1080 g/mol. The van der Waals surface area contributed by atoms with E-state index in [-0.39, 0.29) is 51.6 Å². The SMILES string of the molecule is CC(C)(C)OC(=O)CC[C@H](NC(=O)N[C@@H](CCCCNC(=O)COCCOCCOCCOCCOCCOCCOCCOCCOCCNC(=O)OCc1ccccc1)C(=O)OC(C)(C)C)C(=O)OC(C)(C)C. The first-order chi connectivity index (χ1) is 35.6. The first-order valence-electron chi connectivity index (χ1n) is 25.8. The van der Waals surface area contributed by atoms with E-state index < -0.39 is 58.9 Å². The fraction of sp³-hybridized carbons (Fsp3) is 0.769. The van der Waals surface area contributed by atoms with Gasteiger partial charge in [-0.15, -0.1) is 0 Å². The fourth-order valence-electron chi connectivity index (χ4n) is 5.93. The van der Waals surface area contributed by atoms with Gasteiger partial charge >= 0.3 is 30.0 Å². The Morgan fingerprint density at radius 3 is 1.28 bits per heavy atom. The average Bonchev–Trinajstić information content (AvgIpc) is 3.32. The summed E-state index contributed by atoms with van der Waals surface area (Å²) >= 11 is 0. The summed E-state index contributed by atoms with van der Waals surface area (Å²) in [6.45, 7) is 22.7. The number of rotatable bonds is 43. The van der Waals surface area contributed by atoms with Gasteiger partial charge in [0.25, 0.3) is 0 Å². The van der Waals surface area contributed by atoms with Gasteiger partial charge in [0.15, 0.2) is 0 Å². The van der Waals surface area contributed by atoms with Crippen molar-refractivity contribution in [2.75, 3.05) is 132 Å². The fourth-order valence-corrected chi connectivity index (χ4v) is 5.93. The van der Waals surface area contributed by atoms with E-state index in [4.69, 9.17) is 61.6 Å². The Morgan fingerprint density at radius 1 is 0.453 bits per heavy atom. The number of carbonyl (C=O) groups excluding carboxylic acids is 6. The summed E-state index contributed by atoms with van der Waals surface area (Å²) in [7, 11) is 0. The second kappa shape index (κ2) is 41.4. The van der Waals surface area contributed by atoms with Crippen molar-refractivity contribution in [2.24, 2.45) is 0 Å². The summed E-state index contributed by atoms with van der Waals surface area (Å²) in [6, 6.07) is 6.36.